The van der Waals surface area contributed by atoms with Crippen LogP contribution >= 0.6 is 11.6 Å². The Balaban J connectivity index is 1.42. The van der Waals surface area contributed by atoms with Crippen molar-refractivity contribution in [2.24, 2.45) is 0 Å². The van der Waals surface area contributed by atoms with Gasteiger partial charge in [-0.3, -0.25) is 0 Å². The summed E-state index contributed by atoms with van der Waals surface area (Å²) in [5.74, 6) is 0.522. The lowest BCUT2D eigenvalue weighted by Crippen LogP contribution is -2.23. The molecule has 1 aromatic heterocycles. The van der Waals surface area contributed by atoms with Gasteiger partial charge in [-0.1, -0.05) is 48.0 Å². The van der Waals surface area contributed by atoms with E-state index >= 15 is 0 Å². The van der Waals surface area contributed by atoms with Crippen LogP contribution < -0.4 is 14.2 Å². The van der Waals surface area contributed by atoms with Crippen LogP contribution in [0.2, 0.25) is 5.02 Å². The second kappa shape index (κ2) is 10.2. The SMILES string of the molecule is CC(Oc1cccc(Cl)c1COc1cccc(OCc2ccc3ccccc3n2)c1)C(=O)O. The van der Waals surface area contributed by atoms with Crippen LogP contribution in [0.15, 0.2) is 78.9 Å². The first-order valence-corrected chi connectivity index (χ1v) is 10.7. The fourth-order valence-corrected chi connectivity index (χ4v) is 3.41. The van der Waals surface area contributed by atoms with Crippen molar-refractivity contribution in [2.45, 2.75) is 26.2 Å². The standard InChI is InChI=1S/C26H22ClNO5/c1-17(26(29)30)33-25-11-5-9-23(27)22(25)16-32-21-8-4-7-20(14-21)31-15-19-13-12-18-6-2-3-10-24(18)28-19/h2-14,17H,15-16H2,1H3,(H,29,30). The number of aromatic nitrogens is 1. The highest BCUT2D eigenvalue weighted by Crippen LogP contribution is 2.29. The van der Waals surface area contributed by atoms with Crippen molar-refractivity contribution in [1.29, 1.82) is 0 Å². The van der Waals surface area contributed by atoms with Crippen LogP contribution in [0.3, 0.4) is 0 Å². The first-order valence-electron chi connectivity index (χ1n) is 10.4. The second-order valence-electron chi connectivity index (χ2n) is 7.36. The number of carbonyl (C=O) groups is 1. The van der Waals surface area contributed by atoms with E-state index in [9.17, 15) is 4.79 Å². The molecule has 0 saturated heterocycles. The number of hydrogen-bond donors (Lipinski definition) is 1. The number of carboxylic acids is 1. The Kier molecular flexibility index (Phi) is 6.95. The van der Waals surface area contributed by atoms with Crippen molar-refractivity contribution in [2.75, 3.05) is 0 Å². The van der Waals surface area contributed by atoms with Crippen LogP contribution in [0.5, 0.6) is 17.2 Å². The number of fused-ring (bicyclic) bond motifs is 1. The van der Waals surface area contributed by atoms with E-state index in [0.29, 0.717) is 34.4 Å². The van der Waals surface area contributed by atoms with Crippen LogP contribution in [0, 0.1) is 0 Å². The number of halogens is 1. The largest absolute Gasteiger partial charge is 0.489 e. The Bertz CT molecular complexity index is 1280. The van der Waals surface area contributed by atoms with Gasteiger partial charge in [-0.15, -0.1) is 0 Å². The molecule has 0 aliphatic rings. The zero-order chi connectivity index (χ0) is 23.2. The molecular formula is C26H22ClNO5. The van der Waals surface area contributed by atoms with Crippen LogP contribution in [-0.4, -0.2) is 22.2 Å². The van der Waals surface area contributed by atoms with Gasteiger partial charge >= 0.3 is 5.97 Å². The van der Waals surface area contributed by atoms with Gasteiger partial charge in [0.1, 0.15) is 30.5 Å². The second-order valence-corrected chi connectivity index (χ2v) is 7.77. The summed E-state index contributed by atoms with van der Waals surface area (Å²) in [4.78, 5) is 15.8. The van der Waals surface area contributed by atoms with Crippen LogP contribution in [0.25, 0.3) is 10.9 Å². The molecule has 1 heterocycles. The maximum Gasteiger partial charge on any atom is 0.344 e. The summed E-state index contributed by atoms with van der Waals surface area (Å²) in [5, 5.41) is 10.6. The average molecular weight is 464 g/mol. The molecule has 0 amide bonds. The Morgan fingerprint density at radius 3 is 2.45 bits per heavy atom. The highest BCUT2D eigenvalue weighted by atomic mass is 35.5. The number of pyridine rings is 1. The Labute approximate surface area is 196 Å². The average Bonchev–Trinajstić information content (AvgIpc) is 2.82. The maximum absolute atomic E-state index is 11.1. The highest BCUT2D eigenvalue weighted by Gasteiger charge is 2.17. The zero-order valence-electron chi connectivity index (χ0n) is 17.9. The van der Waals surface area contributed by atoms with Crippen LogP contribution in [-0.2, 0) is 18.0 Å². The molecule has 1 N–H and O–H groups in total. The van der Waals surface area contributed by atoms with Crippen molar-refractivity contribution in [3.8, 4) is 17.2 Å². The molecule has 168 valence electrons. The number of para-hydroxylation sites is 1. The molecule has 0 aliphatic heterocycles. The third kappa shape index (κ3) is 5.73. The first kappa shape index (κ1) is 22.4. The van der Waals surface area contributed by atoms with E-state index in [1.807, 2.05) is 48.5 Å². The van der Waals surface area contributed by atoms with E-state index < -0.39 is 12.1 Å². The summed E-state index contributed by atoms with van der Waals surface area (Å²) in [6.45, 7) is 1.89. The predicted octanol–water partition coefficient (Wildman–Crippen LogP) is 5.90. The zero-order valence-corrected chi connectivity index (χ0v) is 18.7. The normalized spacial score (nSPS) is 11.7. The number of nitrogens with zero attached hydrogens (tertiary/aromatic N) is 1. The number of carboxylic acid groups (broad SMARTS) is 1. The van der Waals surface area contributed by atoms with Gasteiger partial charge < -0.3 is 19.3 Å². The van der Waals surface area contributed by atoms with Crippen LogP contribution in [0.1, 0.15) is 18.2 Å². The molecule has 0 fully saturated rings. The molecule has 4 aromatic rings. The minimum atomic E-state index is -1.06. The Morgan fingerprint density at radius 2 is 1.67 bits per heavy atom. The summed E-state index contributed by atoms with van der Waals surface area (Å²) >= 11 is 6.31. The van der Waals surface area contributed by atoms with E-state index in [-0.39, 0.29) is 6.61 Å². The van der Waals surface area contributed by atoms with Gasteiger partial charge in [0.2, 0.25) is 0 Å². The summed E-state index contributed by atoms with van der Waals surface area (Å²) in [7, 11) is 0. The Hall–Kier alpha value is -3.77. The van der Waals surface area contributed by atoms with Crippen molar-refractivity contribution in [1.82, 2.24) is 4.98 Å². The number of rotatable bonds is 9. The lowest BCUT2D eigenvalue weighted by molar-refractivity contribution is -0.144. The quantitative estimate of drug-likeness (QED) is 0.333. The smallest absolute Gasteiger partial charge is 0.344 e. The molecule has 0 bridgehead atoms. The fourth-order valence-electron chi connectivity index (χ4n) is 3.19. The van der Waals surface area contributed by atoms with Gasteiger partial charge in [0.25, 0.3) is 0 Å². The van der Waals surface area contributed by atoms with Gasteiger partial charge in [0, 0.05) is 11.5 Å². The van der Waals surface area contributed by atoms with Crippen molar-refractivity contribution >= 4 is 28.5 Å². The predicted molar refractivity (Wildman–Crippen MR) is 126 cm³/mol. The molecule has 0 radical (unpaired) electrons. The molecule has 4 rings (SSSR count). The molecule has 3 aromatic carbocycles. The number of aliphatic carboxylic acids is 1. The van der Waals surface area contributed by atoms with Crippen molar-refractivity contribution < 1.29 is 24.1 Å². The summed E-state index contributed by atoms with van der Waals surface area (Å²) in [6, 6.07) is 24.2. The summed E-state index contributed by atoms with van der Waals surface area (Å²) < 4.78 is 17.3. The van der Waals surface area contributed by atoms with E-state index in [0.717, 1.165) is 16.6 Å². The van der Waals surface area contributed by atoms with Crippen LogP contribution in [0.4, 0.5) is 0 Å². The van der Waals surface area contributed by atoms with E-state index in [1.54, 1.807) is 30.3 Å². The molecular weight excluding hydrogens is 442 g/mol. The van der Waals surface area contributed by atoms with Gasteiger partial charge in [-0.25, -0.2) is 9.78 Å². The molecule has 0 spiro atoms. The molecule has 0 saturated carbocycles. The lowest BCUT2D eigenvalue weighted by Gasteiger charge is -2.16. The Morgan fingerprint density at radius 1 is 0.939 bits per heavy atom. The molecule has 1 unspecified atom stereocenters. The molecule has 0 aliphatic carbocycles. The highest BCUT2D eigenvalue weighted by molar-refractivity contribution is 6.31. The molecule has 1 atom stereocenters. The minimum absolute atomic E-state index is 0.108. The number of ether oxygens (including phenoxy) is 3. The number of hydrogen-bond acceptors (Lipinski definition) is 5. The summed E-state index contributed by atoms with van der Waals surface area (Å²) in [5.41, 5.74) is 2.31. The van der Waals surface area contributed by atoms with E-state index in [4.69, 9.17) is 30.9 Å². The molecule has 7 heteroatoms. The maximum atomic E-state index is 11.1. The lowest BCUT2D eigenvalue weighted by atomic mass is 10.2. The minimum Gasteiger partial charge on any atom is -0.489 e. The third-order valence-electron chi connectivity index (χ3n) is 4.96. The molecule has 6 nitrogen and oxygen atoms in total. The monoisotopic (exact) mass is 463 g/mol. The van der Waals surface area contributed by atoms with Gasteiger partial charge in [-0.2, -0.15) is 0 Å². The van der Waals surface area contributed by atoms with E-state index in [2.05, 4.69) is 4.98 Å². The third-order valence-corrected chi connectivity index (χ3v) is 5.31. The topological polar surface area (TPSA) is 77.9 Å². The molecule has 33 heavy (non-hydrogen) atoms. The number of benzene rings is 3. The van der Waals surface area contributed by atoms with Crippen molar-refractivity contribution in [3.63, 3.8) is 0 Å². The first-order chi connectivity index (χ1) is 16.0. The van der Waals surface area contributed by atoms with Crippen molar-refractivity contribution in [3.05, 3.63) is 95.1 Å². The van der Waals surface area contributed by atoms with Gasteiger partial charge in [0.05, 0.1) is 21.8 Å². The fraction of sp³-hybridized carbons (Fsp3) is 0.154. The summed E-state index contributed by atoms with van der Waals surface area (Å²) in [6.07, 6.45) is -1.01. The van der Waals surface area contributed by atoms with Gasteiger partial charge in [-0.05, 0) is 43.3 Å². The van der Waals surface area contributed by atoms with E-state index in [1.165, 1.54) is 6.92 Å². The van der Waals surface area contributed by atoms with Gasteiger partial charge in [0.15, 0.2) is 6.10 Å².